The van der Waals surface area contributed by atoms with E-state index in [2.05, 4.69) is 16.8 Å². The van der Waals surface area contributed by atoms with Crippen molar-refractivity contribution in [3.63, 3.8) is 0 Å². The highest BCUT2D eigenvalue weighted by Crippen LogP contribution is 2.29. The van der Waals surface area contributed by atoms with Gasteiger partial charge in [0.15, 0.2) is 5.82 Å². The summed E-state index contributed by atoms with van der Waals surface area (Å²) in [6, 6.07) is 14.6. The molecule has 0 atom stereocenters. The smallest absolute Gasteiger partial charge is 0.338 e. The van der Waals surface area contributed by atoms with E-state index >= 15 is 0 Å². The van der Waals surface area contributed by atoms with Crippen LogP contribution in [-0.4, -0.2) is 24.7 Å². The van der Waals surface area contributed by atoms with E-state index in [4.69, 9.17) is 21.3 Å². The topological polar surface area (TPSA) is 66.5 Å². The predicted octanol–water partition coefficient (Wildman–Crippen LogP) is 4.00. The number of urea groups is 1. The van der Waals surface area contributed by atoms with Crippen molar-refractivity contribution in [3.8, 4) is 5.75 Å². The lowest BCUT2D eigenvalue weighted by atomic mass is 10.1. The Bertz CT molecular complexity index is 992. The number of aromatic nitrogens is 1. The lowest BCUT2D eigenvalue weighted by molar-refractivity contribution is 0.251. The van der Waals surface area contributed by atoms with Crippen molar-refractivity contribution in [3.05, 3.63) is 59.1 Å². The maximum Gasteiger partial charge on any atom is 0.338 e. The maximum atomic E-state index is 12.3. The molecule has 2 N–H and O–H groups in total. The quantitative estimate of drug-likeness (QED) is 0.733. The first-order valence-corrected chi connectivity index (χ1v) is 8.58. The van der Waals surface area contributed by atoms with Crippen LogP contribution in [0.2, 0.25) is 5.02 Å². The number of halogens is 1. The third-order valence-corrected chi connectivity index (χ3v) is 4.50. The molecular formula is C19H17ClN4O2. The first-order chi connectivity index (χ1) is 12.6. The van der Waals surface area contributed by atoms with Crippen molar-refractivity contribution < 1.29 is 9.53 Å². The molecule has 7 heteroatoms. The second-order valence-electron chi connectivity index (χ2n) is 6.01. The Morgan fingerprint density at radius 1 is 1.23 bits per heavy atom. The van der Waals surface area contributed by atoms with Crippen LogP contribution in [0.15, 0.2) is 48.5 Å². The number of fused-ring (bicyclic) bond motifs is 2. The van der Waals surface area contributed by atoms with Crippen LogP contribution in [0, 0.1) is 0 Å². The molecule has 0 aliphatic carbocycles. The van der Waals surface area contributed by atoms with E-state index in [-0.39, 0.29) is 6.03 Å². The number of benzene rings is 2. The molecule has 1 aliphatic rings. The molecule has 0 radical (unpaired) electrons. The summed E-state index contributed by atoms with van der Waals surface area (Å²) in [6.45, 7) is 0.665. The average molecular weight is 369 g/mol. The normalized spacial score (nSPS) is 12.8. The van der Waals surface area contributed by atoms with E-state index in [1.807, 2.05) is 18.2 Å². The van der Waals surface area contributed by atoms with Crippen molar-refractivity contribution in [2.45, 2.75) is 6.42 Å². The summed E-state index contributed by atoms with van der Waals surface area (Å²) < 4.78 is 5.26. The molecular weight excluding hydrogens is 352 g/mol. The van der Waals surface area contributed by atoms with Crippen molar-refractivity contribution in [2.24, 2.45) is 0 Å². The Labute approximate surface area is 155 Å². The molecule has 4 rings (SSSR count). The van der Waals surface area contributed by atoms with Gasteiger partial charge in [0.25, 0.3) is 0 Å². The Balaban J connectivity index is 1.55. The number of rotatable bonds is 3. The van der Waals surface area contributed by atoms with Crippen LogP contribution in [0.4, 0.5) is 16.3 Å². The SMILES string of the molecule is COc1ccc2cc3c(nc2c1)N(NC(=O)Nc1cccc(Cl)c1)CC3. The number of methoxy groups -OCH3 is 1. The second kappa shape index (κ2) is 6.72. The lowest BCUT2D eigenvalue weighted by Crippen LogP contribution is -2.43. The highest BCUT2D eigenvalue weighted by atomic mass is 35.5. The predicted molar refractivity (Wildman–Crippen MR) is 103 cm³/mol. The molecule has 2 aromatic carbocycles. The molecule has 132 valence electrons. The van der Waals surface area contributed by atoms with E-state index in [0.29, 0.717) is 17.3 Å². The van der Waals surface area contributed by atoms with Gasteiger partial charge in [0.2, 0.25) is 0 Å². The highest BCUT2D eigenvalue weighted by Gasteiger charge is 2.23. The number of nitrogens with zero attached hydrogens (tertiary/aromatic N) is 2. The average Bonchev–Trinajstić information content (AvgIpc) is 3.01. The molecule has 0 bridgehead atoms. The van der Waals surface area contributed by atoms with Crippen LogP contribution in [0.25, 0.3) is 10.9 Å². The largest absolute Gasteiger partial charge is 0.497 e. The van der Waals surface area contributed by atoms with Crippen molar-refractivity contribution >= 4 is 40.0 Å². The van der Waals surface area contributed by atoms with Gasteiger partial charge in [0.1, 0.15) is 5.75 Å². The van der Waals surface area contributed by atoms with Crippen LogP contribution in [0.5, 0.6) is 5.75 Å². The van der Waals surface area contributed by atoms with E-state index in [0.717, 1.165) is 34.5 Å². The van der Waals surface area contributed by atoms with Crippen LogP contribution in [0.1, 0.15) is 5.56 Å². The summed E-state index contributed by atoms with van der Waals surface area (Å²) in [7, 11) is 1.63. The molecule has 3 aromatic rings. The Hall–Kier alpha value is -2.99. The van der Waals surface area contributed by atoms with Crippen LogP contribution < -0.4 is 20.5 Å². The summed E-state index contributed by atoms with van der Waals surface area (Å²) in [5.74, 6) is 1.51. The fourth-order valence-electron chi connectivity index (χ4n) is 3.02. The summed E-state index contributed by atoms with van der Waals surface area (Å²) in [4.78, 5) is 17.0. The standard InChI is InChI=1S/C19H17ClN4O2/c1-26-16-6-5-12-9-13-7-8-24(18(13)22-17(12)11-16)23-19(25)21-15-4-2-3-14(20)10-15/h2-6,9-11H,7-8H2,1H3,(H2,21,23,25). The van der Waals surface area contributed by atoms with E-state index < -0.39 is 0 Å². The third-order valence-electron chi connectivity index (χ3n) is 4.26. The molecule has 2 heterocycles. The van der Waals surface area contributed by atoms with Gasteiger partial charge < -0.3 is 10.1 Å². The van der Waals surface area contributed by atoms with E-state index in [1.54, 1.807) is 36.4 Å². The van der Waals surface area contributed by atoms with Crippen molar-refractivity contribution in [1.82, 2.24) is 10.4 Å². The Morgan fingerprint density at radius 3 is 2.92 bits per heavy atom. The summed E-state index contributed by atoms with van der Waals surface area (Å²) in [5, 5.41) is 6.15. The summed E-state index contributed by atoms with van der Waals surface area (Å²) in [5.41, 5.74) is 5.40. The number of hydrogen-bond acceptors (Lipinski definition) is 4. The molecule has 2 amide bonds. The molecule has 26 heavy (non-hydrogen) atoms. The zero-order chi connectivity index (χ0) is 18.1. The highest BCUT2D eigenvalue weighted by molar-refractivity contribution is 6.30. The third kappa shape index (κ3) is 3.23. The zero-order valence-electron chi connectivity index (χ0n) is 14.1. The van der Waals surface area contributed by atoms with Crippen LogP contribution >= 0.6 is 11.6 Å². The molecule has 0 unspecified atom stereocenters. The van der Waals surface area contributed by atoms with Gasteiger partial charge in [0, 0.05) is 28.7 Å². The molecule has 0 saturated heterocycles. The van der Waals surface area contributed by atoms with Gasteiger partial charge in [-0.1, -0.05) is 17.7 Å². The number of anilines is 2. The molecule has 0 spiro atoms. The monoisotopic (exact) mass is 368 g/mol. The number of carbonyl (C=O) groups excluding carboxylic acids is 1. The maximum absolute atomic E-state index is 12.3. The summed E-state index contributed by atoms with van der Waals surface area (Å²) >= 11 is 5.94. The molecule has 6 nitrogen and oxygen atoms in total. The van der Waals surface area contributed by atoms with E-state index in [1.165, 1.54) is 0 Å². The van der Waals surface area contributed by atoms with Crippen molar-refractivity contribution in [2.75, 3.05) is 24.0 Å². The Morgan fingerprint density at radius 2 is 2.12 bits per heavy atom. The van der Waals surface area contributed by atoms with Gasteiger partial charge in [-0.15, -0.1) is 0 Å². The van der Waals surface area contributed by atoms with Gasteiger partial charge in [0.05, 0.1) is 12.6 Å². The number of carbonyl (C=O) groups is 1. The van der Waals surface area contributed by atoms with Crippen molar-refractivity contribution in [1.29, 1.82) is 0 Å². The minimum absolute atomic E-state index is 0.340. The number of pyridine rings is 1. The van der Waals surface area contributed by atoms with E-state index in [9.17, 15) is 4.79 Å². The van der Waals surface area contributed by atoms with Gasteiger partial charge in [-0.25, -0.2) is 15.2 Å². The molecule has 0 fully saturated rings. The van der Waals surface area contributed by atoms with Crippen LogP contribution in [0.3, 0.4) is 0 Å². The minimum atomic E-state index is -0.340. The number of nitrogens with one attached hydrogen (secondary N) is 2. The molecule has 0 saturated carbocycles. The summed E-state index contributed by atoms with van der Waals surface area (Å²) in [6.07, 6.45) is 0.821. The number of hydrogen-bond donors (Lipinski definition) is 2. The molecule has 1 aromatic heterocycles. The molecule has 1 aliphatic heterocycles. The van der Waals surface area contributed by atoms with Gasteiger partial charge in [-0.3, -0.25) is 5.01 Å². The lowest BCUT2D eigenvalue weighted by Gasteiger charge is -2.20. The number of hydrazine groups is 1. The fourth-order valence-corrected chi connectivity index (χ4v) is 3.21. The second-order valence-corrected chi connectivity index (χ2v) is 6.44. The first kappa shape index (κ1) is 16.5. The van der Waals surface area contributed by atoms with Gasteiger partial charge in [-0.2, -0.15) is 0 Å². The van der Waals surface area contributed by atoms with Gasteiger partial charge in [-0.05, 0) is 48.4 Å². The first-order valence-electron chi connectivity index (χ1n) is 8.21. The number of amides is 2. The number of ether oxygens (including phenoxy) is 1. The fraction of sp³-hybridized carbons (Fsp3) is 0.158. The zero-order valence-corrected chi connectivity index (χ0v) is 14.9. The Kier molecular flexibility index (Phi) is 4.26. The minimum Gasteiger partial charge on any atom is -0.497 e. The van der Waals surface area contributed by atoms with Gasteiger partial charge >= 0.3 is 6.03 Å². The van der Waals surface area contributed by atoms with Crippen LogP contribution in [-0.2, 0) is 6.42 Å².